The van der Waals surface area contributed by atoms with Gasteiger partial charge in [-0.25, -0.2) is 8.42 Å². The molecule has 0 aliphatic rings. The second-order valence-electron chi connectivity index (χ2n) is 4.52. The van der Waals surface area contributed by atoms with Gasteiger partial charge in [-0.15, -0.1) is 0 Å². The van der Waals surface area contributed by atoms with Gasteiger partial charge in [-0.2, -0.15) is 0 Å². The van der Waals surface area contributed by atoms with Crippen LogP contribution in [0.2, 0.25) is 0 Å². The topological polar surface area (TPSA) is 74.3 Å². The average Bonchev–Trinajstić information content (AvgIpc) is 2.37. The predicted octanol–water partition coefficient (Wildman–Crippen LogP) is -0.0799. The molecule has 106 valence electrons. The summed E-state index contributed by atoms with van der Waals surface area (Å²) in [4.78, 5) is 11.7. The minimum Gasteiger partial charge on any atom is -0.744 e. The molecule has 0 fully saturated rings. The second kappa shape index (κ2) is 8.95. The first-order valence-electron chi connectivity index (χ1n) is 6.52. The van der Waals surface area contributed by atoms with Gasteiger partial charge in [0.25, 0.3) is 0 Å². The van der Waals surface area contributed by atoms with Crippen LogP contribution in [0.1, 0.15) is 55.5 Å². The van der Waals surface area contributed by atoms with Crippen molar-refractivity contribution in [2.45, 2.75) is 50.8 Å². The van der Waals surface area contributed by atoms with Crippen molar-refractivity contribution in [3.05, 3.63) is 29.3 Å². The Labute approximate surface area is 143 Å². The van der Waals surface area contributed by atoms with Crippen LogP contribution in [0.5, 0.6) is 0 Å². The van der Waals surface area contributed by atoms with Gasteiger partial charge < -0.3 is 4.55 Å². The SMILES string of the molecule is CCCCCC(=O)c1cc(CC)ccc1S(=O)(=O)[O-].[Na+]. The van der Waals surface area contributed by atoms with Crippen molar-refractivity contribution in [3.63, 3.8) is 0 Å². The van der Waals surface area contributed by atoms with Crippen molar-refractivity contribution in [1.29, 1.82) is 0 Å². The van der Waals surface area contributed by atoms with Gasteiger partial charge in [0.05, 0.1) is 4.90 Å². The van der Waals surface area contributed by atoms with Crippen molar-refractivity contribution >= 4 is 15.9 Å². The fourth-order valence-corrected chi connectivity index (χ4v) is 2.58. The smallest absolute Gasteiger partial charge is 0.744 e. The van der Waals surface area contributed by atoms with E-state index in [1.54, 1.807) is 6.07 Å². The largest absolute Gasteiger partial charge is 1.00 e. The summed E-state index contributed by atoms with van der Waals surface area (Å²) in [6.45, 7) is 3.93. The first kappa shape index (κ1) is 19.8. The van der Waals surface area contributed by atoms with E-state index in [0.29, 0.717) is 12.8 Å². The summed E-state index contributed by atoms with van der Waals surface area (Å²) in [5.74, 6) is -0.266. The Morgan fingerprint density at radius 1 is 1.20 bits per heavy atom. The molecule has 0 unspecified atom stereocenters. The molecule has 1 aromatic rings. The maximum Gasteiger partial charge on any atom is 1.00 e. The Morgan fingerprint density at radius 3 is 2.35 bits per heavy atom. The number of benzene rings is 1. The van der Waals surface area contributed by atoms with Crippen LogP contribution in [0.25, 0.3) is 0 Å². The summed E-state index contributed by atoms with van der Waals surface area (Å²) < 4.78 is 33.5. The number of unbranched alkanes of at least 4 members (excludes halogenated alkanes) is 2. The summed E-state index contributed by atoms with van der Waals surface area (Å²) in [6.07, 6.45) is 3.58. The van der Waals surface area contributed by atoms with E-state index < -0.39 is 15.0 Å². The maximum atomic E-state index is 12.1. The molecular weight excluding hydrogens is 287 g/mol. The number of Topliss-reactive ketones (excluding diaryl/α,β-unsaturated/α-hetero) is 1. The first-order chi connectivity index (χ1) is 8.90. The summed E-state index contributed by atoms with van der Waals surface area (Å²) in [7, 11) is -4.60. The summed E-state index contributed by atoms with van der Waals surface area (Å²) in [5, 5.41) is 0. The number of rotatable bonds is 7. The van der Waals surface area contributed by atoms with Crippen LogP contribution in [0.15, 0.2) is 23.1 Å². The van der Waals surface area contributed by atoms with Gasteiger partial charge in [-0.1, -0.05) is 32.8 Å². The molecule has 6 heteroatoms. The fourth-order valence-electron chi connectivity index (χ4n) is 1.90. The number of ketones is 1. The zero-order valence-corrected chi connectivity index (χ0v) is 15.1. The van der Waals surface area contributed by atoms with Crippen molar-refractivity contribution in [2.24, 2.45) is 0 Å². The van der Waals surface area contributed by atoms with E-state index in [1.165, 1.54) is 12.1 Å². The number of aryl methyl sites for hydroxylation is 1. The van der Waals surface area contributed by atoms with Crippen molar-refractivity contribution in [3.8, 4) is 0 Å². The molecule has 0 heterocycles. The molecule has 4 nitrogen and oxygen atoms in total. The monoisotopic (exact) mass is 306 g/mol. The van der Waals surface area contributed by atoms with Gasteiger partial charge in [-0.3, -0.25) is 4.79 Å². The standard InChI is InChI=1S/C14H20O4S.Na/c1-3-5-6-7-13(15)12-10-11(4-2)8-9-14(12)19(16,17)18;/h8-10H,3-7H2,1-2H3,(H,16,17,18);/q;+1/p-1. The number of hydrogen-bond donors (Lipinski definition) is 0. The molecule has 0 aliphatic carbocycles. The zero-order valence-electron chi connectivity index (χ0n) is 12.3. The Morgan fingerprint density at radius 2 is 1.85 bits per heavy atom. The van der Waals surface area contributed by atoms with Crippen LogP contribution in [0.3, 0.4) is 0 Å². The van der Waals surface area contributed by atoms with Crippen LogP contribution >= 0.6 is 0 Å². The molecule has 0 spiro atoms. The van der Waals surface area contributed by atoms with Gasteiger partial charge in [0, 0.05) is 12.0 Å². The minimum atomic E-state index is -4.60. The summed E-state index contributed by atoms with van der Waals surface area (Å²) >= 11 is 0. The molecule has 0 radical (unpaired) electrons. The zero-order chi connectivity index (χ0) is 14.5. The van der Waals surface area contributed by atoms with E-state index in [9.17, 15) is 17.8 Å². The van der Waals surface area contributed by atoms with Gasteiger partial charge >= 0.3 is 29.6 Å². The van der Waals surface area contributed by atoms with Gasteiger partial charge in [-0.05, 0) is 30.5 Å². The molecular formula is C14H19NaO4S. The van der Waals surface area contributed by atoms with E-state index >= 15 is 0 Å². The first-order valence-corrected chi connectivity index (χ1v) is 7.93. The van der Waals surface area contributed by atoms with Crippen LogP contribution in [-0.2, 0) is 16.5 Å². The third-order valence-electron chi connectivity index (χ3n) is 3.03. The molecule has 20 heavy (non-hydrogen) atoms. The molecule has 1 aromatic carbocycles. The molecule has 0 amide bonds. The Kier molecular flexibility index (Phi) is 8.86. The number of carbonyl (C=O) groups excluding carboxylic acids is 1. The van der Waals surface area contributed by atoms with E-state index in [1.807, 2.05) is 13.8 Å². The van der Waals surface area contributed by atoms with Crippen LogP contribution in [0, 0.1) is 0 Å². The van der Waals surface area contributed by atoms with Crippen LogP contribution in [-0.4, -0.2) is 18.8 Å². The molecule has 0 N–H and O–H groups in total. The molecule has 0 bridgehead atoms. The normalized spacial score (nSPS) is 10.9. The van der Waals surface area contributed by atoms with Gasteiger partial charge in [0.2, 0.25) is 0 Å². The van der Waals surface area contributed by atoms with Crippen LogP contribution < -0.4 is 29.6 Å². The Hall–Kier alpha value is -0.200. The van der Waals surface area contributed by atoms with Crippen molar-refractivity contribution in [2.75, 3.05) is 0 Å². The number of hydrogen-bond acceptors (Lipinski definition) is 4. The van der Waals surface area contributed by atoms with Gasteiger partial charge in [0.1, 0.15) is 10.1 Å². The average molecular weight is 306 g/mol. The fraction of sp³-hybridized carbons (Fsp3) is 0.500. The van der Waals surface area contributed by atoms with E-state index in [4.69, 9.17) is 0 Å². The minimum absolute atomic E-state index is 0. The summed E-state index contributed by atoms with van der Waals surface area (Å²) in [5.41, 5.74) is 0.900. The Bertz CT molecular complexity index is 552. The second-order valence-corrected chi connectivity index (χ2v) is 5.87. The van der Waals surface area contributed by atoms with E-state index in [0.717, 1.165) is 18.4 Å². The summed E-state index contributed by atoms with van der Waals surface area (Å²) in [6, 6.07) is 4.35. The molecule has 0 saturated carbocycles. The Balaban J connectivity index is 0.00000361. The quantitative estimate of drug-likeness (QED) is 0.306. The van der Waals surface area contributed by atoms with E-state index in [-0.39, 0.29) is 47.3 Å². The predicted molar refractivity (Wildman–Crippen MR) is 72.3 cm³/mol. The molecule has 1 rings (SSSR count). The van der Waals surface area contributed by atoms with E-state index in [2.05, 4.69) is 0 Å². The third kappa shape index (κ3) is 5.66. The van der Waals surface area contributed by atoms with Crippen LogP contribution in [0.4, 0.5) is 0 Å². The molecule has 0 aliphatic heterocycles. The van der Waals surface area contributed by atoms with Crippen molar-refractivity contribution in [1.82, 2.24) is 0 Å². The maximum absolute atomic E-state index is 12.1. The third-order valence-corrected chi connectivity index (χ3v) is 3.92. The van der Waals surface area contributed by atoms with Gasteiger partial charge in [0.15, 0.2) is 5.78 Å². The number of carbonyl (C=O) groups is 1. The van der Waals surface area contributed by atoms with Crippen molar-refractivity contribution < 1.29 is 47.3 Å². The molecule has 0 atom stereocenters. The molecule has 0 aromatic heterocycles. The molecule has 0 saturated heterocycles.